The second kappa shape index (κ2) is 4.89. The number of anilines is 1. The average molecular weight is 268 g/mol. The van der Waals surface area contributed by atoms with Crippen LogP contribution >= 0.6 is 0 Å². The number of hydrogen-bond donors (Lipinski definition) is 2. The molecule has 1 heterocycles. The first kappa shape index (κ1) is 12.5. The van der Waals surface area contributed by atoms with Gasteiger partial charge in [-0.15, -0.1) is 0 Å². The molecule has 0 spiro atoms. The van der Waals surface area contributed by atoms with E-state index >= 15 is 0 Å². The Morgan fingerprint density at radius 3 is 2.80 bits per heavy atom. The number of aromatic amines is 1. The van der Waals surface area contributed by atoms with Gasteiger partial charge in [-0.1, -0.05) is 24.3 Å². The summed E-state index contributed by atoms with van der Waals surface area (Å²) in [5.74, 6) is -0.427. The molecule has 0 saturated heterocycles. The minimum atomic E-state index is -0.427. The lowest BCUT2D eigenvalue weighted by atomic mass is 10.0. The van der Waals surface area contributed by atoms with Crippen molar-refractivity contribution in [2.75, 3.05) is 5.32 Å². The number of oxazole rings is 1. The van der Waals surface area contributed by atoms with Gasteiger partial charge in [0.15, 0.2) is 5.58 Å². The van der Waals surface area contributed by atoms with Crippen LogP contribution in [-0.2, 0) is 0 Å². The standard InChI is InChI=1S/C16H16N2O2/c1-10-5-3-4-6-13(10)11(2)17-12-7-8-15-14(9-12)18-16(19)20-15/h3-9,11,17H,1-2H3,(H,18,19). The van der Waals surface area contributed by atoms with E-state index in [1.165, 1.54) is 11.1 Å². The van der Waals surface area contributed by atoms with E-state index in [2.05, 4.69) is 36.3 Å². The number of H-pyrrole nitrogens is 1. The average Bonchev–Trinajstić information content (AvgIpc) is 2.78. The highest BCUT2D eigenvalue weighted by atomic mass is 16.4. The summed E-state index contributed by atoms with van der Waals surface area (Å²) >= 11 is 0. The molecule has 1 aromatic heterocycles. The number of nitrogens with one attached hydrogen (secondary N) is 2. The summed E-state index contributed by atoms with van der Waals surface area (Å²) in [4.78, 5) is 13.8. The molecule has 3 aromatic rings. The van der Waals surface area contributed by atoms with E-state index < -0.39 is 5.76 Å². The summed E-state index contributed by atoms with van der Waals surface area (Å²) in [5.41, 5.74) is 4.74. The van der Waals surface area contributed by atoms with Crippen molar-refractivity contribution < 1.29 is 4.42 Å². The highest BCUT2D eigenvalue weighted by Crippen LogP contribution is 2.23. The van der Waals surface area contributed by atoms with Crippen LogP contribution in [0.15, 0.2) is 51.7 Å². The van der Waals surface area contributed by atoms with Gasteiger partial charge in [-0.05, 0) is 43.2 Å². The van der Waals surface area contributed by atoms with Crippen molar-refractivity contribution in [1.82, 2.24) is 4.98 Å². The quantitative estimate of drug-likeness (QED) is 0.763. The molecule has 0 bridgehead atoms. The molecule has 0 aliphatic rings. The highest BCUT2D eigenvalue weighted by molar-refractivity contribution is 5.76. The SMILES string of the molecule is Cc1ccccc1C(C)Nc1ccc2oc(=O)[nH]c2c1. The zero-order valence-electron chi connectivity index (χ0n) is 11.4. The van der Waals surface area contributed by atoms with Gasteiger partial charge in [-0.25, -0.2) is 4.79 Å². The van der Waals surface area contributed by atoms with Gasteiger partial charge in [0.05, 0.1) is 5.52 Å². The lowest BCUT2D eigenvalue weighted by molar-refractivity contribution is 0.555. The zero-order valence-corrected chi connectivity index (χ0v) is 11.4. The van der Waals surface area contributed by atoms with E-state index in [1.807, 2.05) is 24.3 Å². The molecule has 2 aromatic carbocycles. The largest absolute Gasteiger partial charge is 0.417 e. The molecule has 20 heavy (non-hydrogen) atoms. The Kier molecular flexibility index (Phi) is 3.06. The summed E-state index contributed by atoms with van der Waals surface area (Å²) in [7, 11) is 0. The Hall–Kier alpha value is -2.49. The second-order valence-corrected chi connectivity index (χ2v) is 4.95. The lowest BCUT2D eigenvalue weighted by Crippen LogP contribution is -2.07. The molecular weight excluding hydrogens is 252 g/mol. The fourth-order valence-electron chi connectivity index (χ4n) is 2.44. The van der Waals surface area contributed by atoms with Gasteiger partial charge in [0.2, 0.25) is 0 Å². The van der Waals surface area contributed by atoms with Crippen LogP contribution < -0.4 is 11.1 Å². The summed E-state index contributed by atoms with van der Waals surface area (Å²) in [6, 6.07) is 14.1. The molecule has 102 valence electrons. The van der Waals surface area contributed by atoms with Crippen molar-refractivity contribution in [1.29, 1.82) is 0 Å². The normalized spacial score (nSPS) is 12.5. The van der Waals surface area contributed by atoms with Gasteiger partial charge in [-0.2, -0.15) is 0 Å². The number of benzene rings is 2. The third-order valence-corrected chi connectivity index (χ3v) is 3.46. The predicted octanol–water partition coefficient (Wildman–Crippen LogP) is 3.60. The molecule has 3 rings (SSSR count). The van der Waals surface area contributed by atoms with Crippen LogP contribution in [0.3, 0.4) is 0 Å². The molecule has 0 saturated carbocycles. The van der Waals surface area contributed by atoms with Crippen molar-refractivity contribution in [2.24, 2.45) is 0 Å². The summed E-state index contributed by atoms with van der Waals surface area (Å²) < 4.78 is 4.99. The lowest BCUT2D eigenvalue weighted by Gasteiger charge is -2.17. The summed E-state index contributed by atoms with van der Waals surface area (Å²) in [6.07, 6.45) is 0. The fraction of sp³-hybridized carbons (Fsp3) is 0.188. The van der Waals surface area contributed by atoms with E-state index in [0.717, 1.165) is 5.69 Å². The maximum atomic E-state index is 11.1. The van der Waals surface area contributed by atoms with Crippen LogP contribution in [0.4, 0.5) is 5.69 Å². The van der Waals surface area contributed by atoms with Crippen LogP contribution in [0.25, 0.3) is 11.1 Å². The molecule has 1 unspecified atom stereocenters. The van der Waals surface area contributed by atoms with Crippen molar-refractivity contribution in [3.8, 4) is 0 Å². The van der Waals surface area contributed by atoms with Crippen LogP contribution in [0, 0.1) is 6.92 Å². The molecule has 2 N–H and O–H groups in total. The third kappa shape index (κ3) is 2.32. The molecular formula is C16H16N2O2. The van der Waals surface area contributed by atoms with E-state index in [4.69, 9.17) is 4.42 Å². The van der Waals surface area contributed by atoms with Crippen molar-refractivity contribution in [3.63, 3.8) is 0 Å². The Morgan fingerprint density at radius 1 is 1.20 bits per heavy atom. The fourth-order valence-corrected chi connectivity index (χ4v) is 2.44. The molecule has 4 heteroatoms. The van der Waals surface area contributed by atoms with Crippen LogP contribution in [0.5, 0.6) is 0 Å². The maximum absolute atomic E-state index is 11.1. The van der Waals surface area contributed by atoms with Gasteiger partial charge in [0.1, 0.15) is 0 Å². The Labute approximate surface area is 116 Å². The van der Waals surface area contributed by atoms with Gasteiger partial charge < -0.3 is 9.73 Å². The Morgan fingerprint density at radius 2 is 2.00 bits per heavy atom. The molecule has 0 radical (unpaired) electrons. The minimum absolute atomic E-state index is 0.187. The van der Waals surface area contributed by atoms with E-state index in [1.54, 1.807) is 6.07 Å². The van der Waals surface area contributed by atoms with Crippen molar-refractivity contribution >= 4 is 16.8 Å². The first-order valence-corrected chi connectivity index (χ1v) is 6.58. The maximum Gasteiger partial charge on any atom is 0.417 e. The van der Waals surface area contributed by atoms with Crippen molar-refractivity contribution in [3.05, 3.63) is 64.1 Å². The summed E-state index contributed by atoms with van der Waals surface area (Å²) in [6.45, 7) is 4.22. The molecule has 1 atom stereocenters. The van der Waals surface area contributed by atoms with Crippen LogP contribution in [-0.4, -0.2) is 4.98 Å². The van der Waals surface area contributed by atoms with Gasteiger partial charge in [0.25, 0.3) is 0 Å². The highest BCUT2D eigenvalue weighted by Gasteiger charge is 2.09. The zero-order chi connectivity index (χ0) is 14.1. The Bertz CT molecular complexity index is 801. The van der Waals surface area contributed by atoms with Crippen LogP contribution in [0.1, 0.15) is 24.1 Å². The number of fused-ring (bicyclic) bond motifs is 1. The van der Waals surface area contributed by atoms with E-state index in [0.29, 0.717) is 11.1 Å². The number of aryl methyl sites for hydroxylation is 1. The number of rotatable bonds is 3. The van der Waals surface area contributed by atoms with E-state index in [9.17, 15) is 4.79 Å². The van der Waals surface area contributed by atoms with Crippen molar-refractivity contribution in [2.45, 2.75) is 19.9 Å². The topological polar surface area (TPSA) is 58.0 Å². The third-order valence-electron chi connectivity index (χ3n) is 3.46. The first-order chi connectivity index (χ1) is 9.63. The molecule has 0 aliphatic carbocycles. The smallest absolute Gasteiger partial charge is 0.408 e. The minimum Gasteiger partial charge on any atom is -0.408 e. The predicted molar refractivity (Wildman–Crippen MR) is 80.1 cm³/mol. The second-order valence-electron chi connectivity index (χ2n) is 4.95. The molecule has 0 amide bonds. The number of hydrogen-bond acceptors (Lipinski definition) is 3. The van der Waals surface area contributed by atoms with Gasteiger partial charge >= 0.3 is 5.76 Å². The van der Waals surface area contributed by atoms with Gasteiger partial charge in [-0.3, -0.25) is 4.98 Å². The molecule has 4 nitrogen and oxygen atoms in total. The molecule has 0 aliphatic heterocycles. The summed E-state index contributed by atoms with van der Waals surface area (Å²) in [5, 5.41) is 3.44. The van der Waals surface area contributed by atoms with Crippen LogP contribution in [0.2, 0.25) is 0 Å². The molecule has 0 fully saturated rings. The van der Waals surface area contributed by atoms with E-state index in [-0.39, 0.29) is 6.04 Å². The van der Waals surface area contributed by atoms with Gasteiger partial charge in [0, 0.05) is 11.7 Å². The first-order valence-electron chi connectivity index (χ1n) is 6.58. The number of aromatic nitrogens is 1. The Balaban J connectivity index is 1.89. The monoisotopic (exact) mass is 268 g/mol.